The Morgan fingerprint density at radius 3 is 2.50 bits per heavy atom. The van der Waals surface area contributed by atoms with Crippen molar-refractivity contribution in [2.45, 2.75) is 78.5 Å². The molecule has 2 heterocycles. The number of hydrogen-bond donors (Lipinski definition) is 1. The van der Waals surface area contributed by atoms with E-state index in [0.29, 0.717) is 11.3 Å². The molecule has 3 amide bonds. The summed E-state index contributed by atoms with van der Waals surface area (Å²) in [5.74, 6) is -0.451. The Labute approximate surface area is 170 Å². The van der Waals surface area contributed by atoms with Gasteiger partial charge in [0.05, 0.1) is 18.7 Å². The van der Waals surface area contributed by atoms with Crippen molar-refractivity contribution < 1.29 is 14.3 Å². The van der Waals surface area contributed by atoms with Gasteiger partial charge in [-0.2, -0.15) is 10.1 Å². The maximum Gasteiger partial charge on any atom is 0.352 e. The lowest BCUT2D eigenvalue weighted by Crippen LogP contribution is -2.50. The number of aromatic nitrogens is 2. The first kappa shape index (κ1) is 22.7. The summed E-state index contributed by atoms with van der Waals surface area (Å²) in [6, 6.07) is -1.43. The minimum absolute atomic E-state index is 0.0673. The van der Waals surface area contributed by atoms with Crippen LogP contribution in [0.2, 0.25) is 0 Å². The molecule has 0 saturated carbocycles. The molecule has 0 radical (unpaired) electrons. The van der Waals surface area contributed by atoms with Gasteiger partial charge in [0.1, 0.15) is 5.01 Å². The van der Waals surface area contributed by atoms with Crippen molar-refractivity contribution in [2.24, 2.45) is 16.1 Å². The Morgan fingerprint density at radius 2 is 2.00 bits per heavy atom. The predicted octanol–water partition coefficient (Wildman–Crippen LogP) is 2.27. The number of likely N-dealkylation sites (N-methyl/N-ethyl adjacent to an activating group) is 1. The summed E-state index contributed by atoms with van der Waals surface area (Å²) < 4.78 is 7.43. The van der Waals surface area contributed by atoms with Crippen LogP contribution in [0.15, 0.2) is 4.99 Å². The van der Waals surface area contributed by atoms with Crippen molar-refractivity contribution in [3.05, 3.63) is 9.81 Å². The van der Waals surface area contributed by atoms with E-state index in [1.165, 1.54) is 18.4 Å². The summed E-state index contributed by atoms with van der Waals surface area (Å²) in [6.45, 7) is 13.0. The molecule has 0 aliphatic carbocycles. The topological polar surface area (TPSA) is 103 Å². The number of hydrogen-bond acceptors (Lipinski definition) is 6. The number of ether oxygens (including phenoxy) is 1. The monoisotopic (exact) mass is 411 g/mol. The van der Waals surface area contributed by atoms with Gasteiger partial charge >= 0.3 is 6.03 Å². The largest absolute Gasteiger partial charge is 0.376 e. The second-order valence-electron chi connectivity index (χ2n) is 9.39. The number of carbonyl (C=O) groups is 2. The van der Waals surface area contributed by atoms with Crippen molar-refractivity contribution in [1.82, 2.24) is 14.7 Å². The summed E-state index contributed by atoms with van der Waals surface area (Å²) in [6.07, 6.45) is 2.05. The molecule has 158 valence electrons. The first-order valence-electron chi connectivity index (χ1n) is 9.62. The third-order valence-electron chi connectivity index (χ3n) is 4.67. The summed E-state index contributed by atoms with van der Waals surface area (Å²) >= 11 is 1.36. The van der Waals surface area contributed by atoms with Crippen molar-refractivity contribution in [3.8, 4) is 0 Å². The molecule has 1 aromatic rings. The van der Waals surface area contributed by atoms with Gasteiger partial charge in [-0.1, -0.05) is 52.9 Å². The zero-order valence-corrected chi connectivity index (χ0v) is 18.8. The smallest absolute Gasteiger partial charge is 0.352 e. The third-order valence-corrected chi connectivity index (χ3v) is 6.04. The van der Waals surface area contributed by atoms with E-state index in [2.05, 4.69) is 30.9 Å². The summed E-state index contributed by atoms with van der Waals surface area (Å²) in [5, 5.41) is 5.53. The first-order chi connectivity index (χ1) is 12.8. The van der Waals surface area contributed by atoms with Crippen LogP contribution in [0.5, 0.6) is 0 Å². The normalized spacial score (nSPS) is 19.7. The van der Waals surface area contributed by atoms with Crippen LogP contribution < -0.4 is 10.5 Å². The Morgan fingerprint density at radius 1 is 1.36 bits per heavy atom. The number of rotatable bonds is 3. The minimum atomic E-state index is -0.790. The zero-order valence-electron chi connectivity index (χ0n) is 18.0. The van der Waals surface area contributed by atoms with E-state index in [0.717, 1.165) is 29.4 Å². The molecule has 28 heavy (non-hydrogen) atoms. The fraction of sp³-hybridized carbons (Fsp3) is 0.789. The van der Waals surface area contributed by atoms with Crippen LogP contribution in [-0.2, 0) is 21.5 Å². The van der Waals surface area contributed by atoms with Gasteiger partial charge in [-0.05, 0) is 18.3 Å². The fourth-order valence-corrected chi connectivity index (χ4v) is 3.59. The van der Waals surface area contributed by atoms with E-state index < -0.39 is 23.4 Å². The van der Waals surface area contributed by atoms with Gasteiger partial charge in [0.2, 0.25) is 10.7 Å². The highest BCUT2D eigenvalue weighted by molar-refractivity contribution is 7.09. The van der Waals surface area contributed by atoms with Gasteiger partial charge < -0.3 is 10.5 Å². The van der Waals surface area contributed by atoms with Crippen molar-refractivity contribution in [2.75, 3.05) is 13.7 Å². The van der Waals surface area contributed by atoms with Gasteiger partial charge in [0, 0.05) is 19.1 Å². The van der Waals surface area contributed by atoms with Crippen LogP contribution in [0.1, 0.15) is 59.4 Å². The number of nitrogens with zero attached hydrogens (tertiary/aromatic N) is 4. The molecule has 1 aromatic heterocycles. The molecule has 2 rings (SSSR count). The van der Waals surface area contributed by atoms with Crippen LogP contribution in [0.4, 0.5) is 4.79 Å². The second-order valence-corrected chi connectivity index (χ2v) is 10.3. The molecule has 2 atom stereocenters. The Kier molecular flexibility index (Phi) is 6.83. The lowest BCUT2D eigenvalue weighted by Gasteiger charge is -2.28. The molecular weight excluding hydrogens is 378 g/mol. The molecule has 1 aliphatic heterocycles. The standard InChI is InChI=1S/C19H33N5O3S/c1-18(2,3)13(20)14(25)23(7)16(26)21-17-24(11-12-9-8-10-27-12)22-15(28-17)19(4,5)6/h12-13H,8-11,20H2,1-7H3/t12-,13-/m1/s1. The molecule has 0 spiro atoms. The fourth-order valence-electron chi connectivity index (χ4n) is 2.63. The number of urea groups is 1. The van der Waals surface area contributed by atoms with Crippen LogP contribution in [0, 0.1) is 5.41 Å². The molecule has 1 saturated heterocycles. The molecule has 9 heteroatoms. The SMILES string of the molecule is CN(C(=O)N=c1sc(C(C)(C)C)nn1C[C@H]1CCCO1)C(=O)[C@@H](N)C(C)(C)C. The van der Waals surface area contributed by atoms with Gasteiger partial charge in [0.25, 0.3) is 0 Å². The zero-order chi connectivity index (χ0) is 21.3. The predicted molar refractivity (Wildman–Crippen MR) is 109 cm³/mol. The van der Waals surface area contributed by atoms with Crippen LogP contribution in [0.25, 0.3) is 0 Å². The Hall–Kier alpha value is -1.58. The van der Waals surface area contributed by atoms with Gasteiger partial charge in [-0.25, -0.2) is 9.48 Å². The Bertz CT molecular complexity index is 779. The average Bonchev–Trinajstić information content (AvgIpc) is 3.22. The van der Waals surface area contributed by atoms with E-state index in [1.807, 2.05) is 20.8 Å². The van der Waals surface area contributed by atoms with Crippen LogP contribution >= 0.6 is 11.3 Å². The van der Waals surface area contributed by atoms with Gasteiger partial charge in [-0.15, -0.1) is 0 Å². The van der Waals surface area contributed by atoms with Gasteiger partial charge in [0.15, 0.2) is 0 Å². The number of amides is 3. The van der Waals surface area contributed by atoms with Crippen LogP contribution in [0.3, 0.4) is 0 Å². The first-order valence-corrected chi connectivity index (χ1v) is 10.4. The molecule has 1 aliphatic rings. The maximum absolute atomic E-state index is 12.7. The quantitative estimate of drug-likeness (QED) is 0.822. The highest BCUT2D eigenvalue weighted by atomic mass is 32.1. The molecular formula is C19H33N5O3S. The van der Waals surface area contributed by atoms with Gasteiger partial charge in [-0.3, -0.25) is 9.69 Å². The third kappa shape index (κ3) is 5.48. The number of imide groups is 1. The molecule has 0 unspecified atom stereocenters. The highest BCUT2D eigenvalue weighted by Crippen LogP contribution is 2.23. The van der Waals surface area contributed by atoms with Crippen molar-refractivity contribution in [3.63, 3.8) is 0 Å². The number of carbonyl (C=O) groups excluding carboxylic acids is 2. The average molecular weight is 412 g/mol. The van der Waals surface area contributed by atoms with E-state index in [9.17, 15) is 9.59 Å². The maximum atomic E-state index is 12.7. The van der Waals surface area contributed by atoms with E-state index in [-0.39, 0.29) is 11.5 Å². The van der Waals surface area contributed by atoms with E-state index >= 15 is 0 Å². The van der Waals surface area contributed by atoms with Crippen molar-refractivity contribution in [1.29, 1.82) is 0 Å². The molecule has 8 nitrogen and oxygen atoms in total. The molecule has 1 fully saturated rings. The summed E-state index contributed by atoms with van der Waals surface area (Å²) in [5.41, 5.74) is 5.39. The second kappa shape index (κ2) is 8.42. The molecule has 0 aromatic carbocycles. The van der Waals surface area contributed by atoms with E-state index in [1.54, 1.807) is 4.68 Å². The summed E-state index contributed by atoms with van der Waals surface area (Å²) in [4.78, 5) is 30.8. The minimum Gasteiger partial charge on any atom is -0.376 e. The lowest BCUT2D eigenvalue weighted by atomic mass is 9.87. The van der Waals surface area contributed by atoms with Crippen LogP contribution in [-0.4, -0.2) is 52.4 Å². The highest BCUT2D eigenvalue weighted by Gasteiger charge is 2.32. The molecule has 0 bridgehead atoms. The van der Waals surface area contributed by atoms with Crippen molar-refractivity contribution >= 4 is 23.3 Å². The Balaban J connectivity index is 2.32. The lowest BCUT2D eigenvalue weighted by molar-refractivity contribution is -0.130. The molecule has 2 N–H and O–H groups in total. The van der Waals surface area contributed by atoms with E-state index in [4.69, 9.17) is 10.5 Å². The summed E-state index contributed by atoms with van der Waals surface area (Å²) in [7, 11) is 1.41. The number of nitrogens with two attached hydrogens (primary N) is 1.